The highest BCUT2D eigenvalue weighted by atomic mass is 19.2. The largest absolute Gasteiger partial charge is 0.338 e. The summed E-state index contributed by atoms with van der Waals surface area (Å²) in [6.07, 6.45) is 1.06. The number of amides is 2. The van der Waals surface area contributed by atoms with Gasteiger partial charge in [0, 0.05) is 44.1 Å². The fourth-order valence-corrected chi connectivity index (χ4v) is 4.46. The number of fused-ring (bicyclic) bond motifs is 1. The topological polar surface area (TPSA) is 66.6 Å². The lowest BCUT2D eigenvalue weighted by Gasteiger charge is -2.26. The average molecular weight is 413 g/mol. The first-order chi connectivity index (χ1) is 13.7. The highest BCUT2D eigenvalue weighted by Gasteiger charge is 2.55. The summed E-state index contributed by atoms with van der Waals surface area (Å²) in [4.78, 5) is 28.1. The molecule has 2 aliphatic heterocycles. The van der Waals surface area contributed by atoms with Crippen molar-refractivity contribution in [2.75, 3.05) is 19.6 Å². The van der Waals surface area contributed by atoms with E-state index in [0.717, 1.165) is 12.5 Å². The fraction of sp³-hybridized carbons (Fsp3) is 0.600. The van der Waals surface area contributed by atoms with Crippen LogP contribution in [0.4, 0.5) is 17.6 Å². The summed E-state index contributed by atoms with van der Waals surface area (Å²) < 4.78 is 54.3. The molecule has 29 heavy (non-hydrogen) atoms. The molecule has 2 N–H and O–H groups in total. The van der Waals surface area contributed by atoms with Gasteiger partial charge in [0.15, 0.2) is 17.3 Å². The van der Waals surface area contributed by atoms with Crippen LogP contribution < -0.4 is 5.73 Å². The average Bonchev–Trinajstić information content (AvgIpc) is 3.09. The summed E-state index contributed by atoms with van der Waals surface area (Å²) in [6.45, 7) is 1.29. The normalized spacial score (nSPS) is 25.8. The van der Waals surface area contributed by atoms with Gasteiger partial charge in [-0.2, -0.15) is 0 Å². The number of likely N-dealkylation sites (tertiary alicyclic amines) is 2. The maximum absolute atomic E-state index is 14.1. The quantitative estimate of drug-likeness (QED) is 0.593. The minimum Gasteiger partial charge on any atom is -0.338 e. The molecule has 1 unspecified atom stereocenters. The van der Waals surface area contributed by atoms with Gasteiger partial charge >= 0.3 is 0 Å². The van der Waals surface area contributed by atoms with E-state index in [1.165, 1.54) is 4.90 Å². The smallest absolute Gasteiger partial charge is 0.260 e. The monoisotopic (exact) mass is 413 g/mol. The fourth-order valence-electron chi connectivity index (χ4n) is 4.46. The van der Waals surface area contributed by atoms with E-state index in [0.29, 0.717) is 25.7 Å². The molecule has 0 radical (unpaired) electrons. The molecule has 3 atom stereocenters. The highest BCUT2D eigenvalue weighted by Crippen LogP contribution is 2.43. The van der Waals surface area contributed by atoms with E-state index in [9.17, 15) is 27.2 Å². The Hall–Kier alpha value is -2.16. The molecule has 3 aliphatic rings. The molecule has 2 heterocycles. The molecule has 1 saturated carbocycles. The van der Waals surface area contributed by atoms with Crippen LogP contribution >= 0.6 is 0 Å². The van der Waals surface area contributed by atoms with Crippen LogP contribution in [0.2, 0.25) is 0 Å². The van der Waals surface area contributed by atoms with Gasteiger partial charge in [0.2, 0.25) is 5.91 Å². The number of benzene rings is 1. The zero-order valence-corrected chi connectivity index (χ0v) is 15.8. The van der Waals surface area contributed by atoms with Gasteiger partial charge in [-0.15, -0.1) is 0 Å². The Kier molecular flexibility index (Phi) is 5.04. The van der Waals surface area contributed by atoms with Crippen molar-refractivity contribution in [2.24, 2.45) is 11.7 Å². The summed E-state index contributed by atoms with van der Waals surface area (Å²) in [5.41, 5.74) is 4.16. The number of hydrogen-bond acceptors (Lipinski definition) is 3. The van der Waals surface area contributed by atoms with E-state index in [1.807, 2.05) is 0 Å². The van der Waals surface area contributed by atoms with Gasteiger partial charge in [0.1, 0.15) is 5.82 Å². The van der Waals surface area contributed by atoms with E-state index in [-0.39, 0.29) is 49.1 Å². The van der Waals surface area contributed by atoms with Gasteiger partial charge in [-0.3, -0.25) is 9.59 Å². The number of carbonyl (C=O) groups excluding carboxylic acids is 2. The Morgan fingerprint density at radius 1 is 1.14 bits per heavy atom. The Morgan fingerprint density at radius 3 is 2.52 bits per heavy atom. The second kappa shape index (κ2) is 7.27. The van der Waals surface area contributed by atoms with Gasteiger partial charge in [0.25, 0.3) is 5.91 Å². The third-order valence-electron chi connectivity index (χ3n) is 6.24. The Labute approximate surface area is 165 Å². The van der Waals surface area contributed by atoms with E-state index >= 15 is 0 Å². The summed E-state index contributed by atoms with van der Waals surface area (Å²) in [5.74, 6) is -3.95. The van der Waals surface area contributed by atoms with Crippen molar-refractivity contribution in [3.05, 3.63) is 35.1 Å². The van der Waals surface area contributed by atoms with Crippen molar-refractivity contribution < 1.29 is 27.2 Å². The molecule has 1 aromatic rings. The van der Waals surface area contributed by atoms with Gasteiger partial charge in [-0.1, -0.05) is 0 Å². The Morgan fingerprint density at radius 2 is 1.83 bits per heavy atom. The number of alkyl halides is 1. The number of nitrogens with zero attached hydrogens (tertiary/aromatic N) is 2. The summed E-state index contributed by atoms with van der Waals surface area (Å²) >= 11 is 0. The molecule has 1 aromatic carbocycles. The molecule has 5 nitrogen and oxygen atoms in total. The molecule has 0 bridgehead atoms. The number of nitrogens with two attached hydrogens (primary N) is 1. The minimum absolute atomic E-state index is 0.0807. The predicted molar refractivity (Wildman–Crippen MR) is 95.9 cm³/mol. The van der Waals surface area contributed by atoms with Crippen molar-refractivity contribution in [3.8, 4) is 0 Å². The molecule has 4 rings (SSSR count). The second-order valence-corrected chi connectivity index (χ2v) is 8.40. The van der Waals surface area contributed by atoms with Crippen molar-refractivity contribution in [1.82, 2.24) is 9.80 Å². The molecule has 9 heteroatoms. The molecule has 3 fully saturated rings. The first-order valence-electron chi connectivity index (χ1n) is 9.85. The maximum Gasteiger partial charge on any atom is 0.260 e. The van der Waals surface area contributed by atoms with E-state index in [2.05, 4.69) is 0 Å². The van der Waals surface area contributed by atoms with Gasteiger partial charge in [-0.25, -0.2) is 17.6 Å². The van der Waals surface area contributed by atoms with Gasteiger partial charge in [-0.05, 0) is 37.3 Å². The highest BCUT2D eigenvalue weighted by molar-refractivity contribution is 5.88. The van der Waals surface area contributed by atoms with Crippen LogP contribution in [0.3, 0.4) is 0 Å². The molecule has 2 amide bonds. The third-order valence-corrected chi connectivity index (χ3v) is 6.24. The van der Waals surface area contributed by atoms with Crippen LogP contribution in [0.25, 0.3) is 0 Å². The van der Waals surface area contributed by atoms with Crippen LogP contribution in [0.1, 0.15) is 31.2 Å². The lowest BCUT2D eigenvalue weighted by atomic mass is 10.0. The van der Waals surface area contributed by atoms with E-state index < -0.39 is 35.1 Å². The number of rotatable bonds is 5. The SMILES string of the molecule is NC(CC(=O)N1CC[C@H]2CN(C(=O)C3(F)CC3)C[C@H]21)Cc1cc(F)c(F)cc1F. The van der Waals surface area contributed by atoms with Crippen LogP contribution in [-0.2, 0) is 16.0 Å². The van der Waals surface area contributed by atoms with Gasteiger partial charge in [0.05, 0.1) is 6.04 Å². The molecule has 1 aliphatic carbocycles. The van der Waals surface area contributed by atoms with Crippen molar-refractivity contribution in [2.45, 2.75) is 49.9 Å². The predicted octanol–water partition coefficient (Wildman–Crippen LogP) is 1.93. The summed E-state index contributed by atoms with van der Waals surface area (Å²) in [5, 5.41) is 0. The third kappa shape index (κ3) is 3.84. The first kappa shape index (κ1) is 20.1. The Balaban J connectivity index is 1.35. The molecule has 158 valence electrons. The van der Waals surface area contributed by atoms with Crippen molar-refractivity contribution >= 4 is 11.8 Å². The van der Waals surface area contributed by atoms with E-state index in [4.69, 9.17) is 5.73 Å². The zero-order chi connectivity index (χ0) is 20.9. The first-order valence-corrected chi connectivity index (χ1v) is 9.85. The number of carbonyl (C=O) groups is 2. The number of halogens is 4. The van der Waals surface area contributed by atoms with Crippen molar-refractivity contribution in [1.29, 1.82) is 0 Å². The zero-order valence-electron chi connectivity index (χ0n) is 15.8. The molecule has 0 aromatic heterocycles. The summed E-state index contributed by atoms with van der Waals surface area (Å²) in [7, 11) is 0. The molecule has 0 spiro atoms. The lowest BCUT2D eigenvalue weighted by Crippen LogP contribution is -2.44. The lowest BCUT2D eigenvalue weighted by molar-refractivity contribution is -0.138. The van der Waals surface area contributed by atoms with E-state index in [1.54, 1.807) is 4.90 Å². The Bertz CT molecular complexity index is 845. The molecule has 2 saturated heterocycles. The van der Waals surface area contributed by atoms with Crippen LogP contribution in [0, 0.1) is 23.4 Å². The second-order valence-electron chi connectivity index (χ2n) is 8.40. The summed E-state index contributed by atoms with van der Waals surface area (Å²) in [6, 6.07) is 0.291. The van der Waals surface area contributed by atoms with Crippen LogP contribution in [0.15, 0.2) is 12.1 Å². The van der Waals surface area contributed by atoms with Crippen LogP contribution in [-0.4, -0.2) is 59.0 Å². The maximum atomic E-state index is 14.1. The van der Waals surface area contributed by atoms with Crippen molar-refractivity contribution in [3.63, 3.8) is 0 Å². The standard InChI is InChI=1S/C20H23F4N3O2/c21-14-8-16(23)15(22)6-12(14)5-13(25)7-18(28)27-4-1-11-9-26(10-17(11)27)19(29)20(24)2-3-20/h6,8,11,13,17H,1-5,7,9-10,25H2/t11-,13?,17+/m0/s1. The number of hydrogen-bond donors (Lipinski definition) is 1. The molecular weight excluding hydrogens is 390 g/mol. The van der Waals surface area contributed by atoms with Crippen LogP contribution in [0.5, 0.6) is 0 Å². The molecular formula is C20H23F4N3O2. The minimum atomic E-state index is -1.72. The van der Waals surface area contributed by atoms with Gasteiger partial charge < -0.3 is 15.5 Å².